The Kier molecular flexibility index (Phi) is 6.52. The Morgan fingerprint density at radius 3 is 2.46 bits per heavy atom. The summed E-state index contributed by atoms with van der Waals surface area (Å²) in [5, 5.41) is 16.5. The molecular weight excluding hydrogens is 320 g/mol. The summed E-state index contributed by atoms with van der Waals surface area (Å²) in [5.74, 6) is -2.72. The van der Waals surface area contributed by atoms with Gasteiger partial charge in [0.2, 0.25) is 11.8 Å². The van der Waals surface area contributed by atoms with Crippen molar-refractivity contribution >= 4 is 23.9 Å². The van der Waals surface area contributed by atoms with Gasteiger partial charge < -0.3 is 31.5 Å². The van der Waals surface area contributed by atoms with Gasteiger partial charge in [-0.2, -0.15) is 0 Å². The van der Waals surface area contributed by atoms with E-state index in [4.69, 9.17) is 15.6 Å². The van der Waals surface area contributed by atoms with Gasteiger partial charge >= 0.3 is 12.1 Å². The molecule has 1 aliphatic rings. The number of carbonyl (C=O) groups is 4. The van der Waals surface area contributed by atoms with Crippen molar-refractivity contribution in [2.75, 3.05) is 6.54 Å². The minimum atomic E-state index is -1.28. The van der Waals surface area contributed by atoms with E-state index >= 15 is 0 Å². The van der Waals surface area contributed by atoms with Crippen molar-refractivity contribution in [1.29, 1.82) is 0 Å². The van der Waals surface area contributed by atoms with Crippen LogP contribution in [0, 0.1) is 0 Å². The lowest BCUT2D eigenvalue weighted by atomic mass is 10.1. The van der Waals surface area contributed by atoms with E-state index in [-0.39, 0.29) is 12.5 Å². The molecular formula is C14H24N4O6. The molecule has 0 saturated carbocycles. The van der Waals surface area contributed by atoms with Gasteiger partial charge in [-0.1, -0.05) is 0 Å². The third-order valence-electron chi connectivity index (χ3n) is 3.21. The van der Waals surface area contributed by atoms with E-state index < -0.39 is 48.0 Å². The monoisotopic (exact) mass is 344 g/mol. The summed E-state index contributed by atoms with van der Waals surface area (Å²) in [5.41, 5.74) is 4.45. The molecule has 10 heteroatoms. The van der Waals surface area contributed by atoms with Gasteiger partial charge in [0.1, 0.15) is 11.6 Å². The molecule has 1 unspecified atom stereocenters. The fourth-order valence-electron chi connectivity index (χ4n) is 2.19. The fourth-order valence-corrected chi connectivity index (χ4v) is 2.19. The zero-order valence-corrected chi connectivity index (χ0v) is 13.9. The Labute approximate surface area is 139 Å². The third kappa shape index (κ3) is 6.82. The highest BCUT2D eigenvalue weighted by molar-refractivity contribution is 5.91. The largest absolute Gasteiger partial charge is 0.481 e. The van der Waals surface area contributed by atoms with Gasteiger partial charge in [0.15, 0.2) is 0 Å². The molecule has 0 bridgehead atoms. The number of aliphatic carboxylic acids is 1. The van der Waals surface area contributed by atoms with Crippen LogP contribution < -0.4 is 21.7 Å². The first kappa shape index (κ1) is 19.7. The summed E-state index contributed by atoms with van der Waals surface area (Å²) in [6, 6.07) is -2.27. The quantitative estimate of drug-likeness (QED) is 0.399. The van der Waals surface area contributed by atoms with Gasteiger partial charge in [-0.15, -0.1) is 0 Å². The molecule has 0 aromatic carbocycles. The van der Waals surface area contributed by atoms with Crippen LogP contribution in [0.1, 0.15) is 33.6 Å². The first-order valence-corrected chi connectivity index (χ1v) is 7.52. The van der Waals surface area contributed by atoms with Gasteiger partial charge in [-0.05, 0) is 27.2 Å². The van der Waals surface area contributed by atoms with Crippen LogP contribution in [-0.4, -0.2) is 59.3 Å². The average molecular weight is 344 g/mol. The molecule has 1 rings (SSSR count). The highest BCUT2D eigenvalue weighted by Crippen LogP contribution is 2.11. The van der Waals surface area contributed by atoms with Crippen molar-refractivity contribution in [3.8, 4) is 0 Å². The molecule has 0 aromatic rings. The number of carboxylic acids is 1. The molecule has 136 valence electrons. The first-order chi connectivity index (χ1) is 11.0. The zero-order valence-electron chi connectivity index (χ0n) is 13.9. The molecule has 3 atom stereocenters. The number of rotatable bonds is 6. The maximum absolute atomic E-state index is 12.1. The van der Waals surface area contributed by atoms with Gasteiger partial charge in [-0.3, -0.25) is 14.4 Å². The van der Waals surface area contributed by atoms with Crippen molar-refractivity contribution < 1.29 is 29.0 Å². The van der Waals surface area contributed by atoms with E-state index in [9.17, 15) is 19.2 Å². The topological polar surface area (TPSA) is 160 Å². The van der Waals surface area contributed by atoms with E-state index in [0.717, 1.165) is 0 Å². The molecule has 1 heterocycles. The van der Waals surface area contributed by atoms with Crippen molar-refractivity contribution in [3.05, 3.63) is 0 Å². The zero-order chi connectivity index (χ0) is 18.5. The summed E-state index contributed by atoms with van der Waals surface area (Å²) in [6.07, 6.45) is -0.895. The van der Waals surface area contributed by atoms with Gasteiger partial charge in [0.05, 0.1) is 12.5 Å². The first-order valence-electron chi connectivity index (χ1n) is 7.52. The average Bonchev–Trinajstić information content (AvgIpc) is 2.83. The Morgan fingerprint density at radius 1 is 1.33 bits per heavy atom. The maximum Gasteiger partial charge on any atom is 0.407 e. The number of amides is 3. The van der Waals surface area contributed by atoms with Gasteiger partial charge in [0, 0.05) is 12.6 Å². The number of carbonyl (C=O) groups excluding carboxylic acids is 3. The molecule has 1 fully saturated rings. The molecule has 0 radical (unpaired) electrons. The molecule has 0 aliphatic carbocycles. The number of alkyl carbamates (subject to hydrolysis) is 1. The molecule has 6 N–H and O–H groups in total. The predicted octanol–water partition coefficient (Wildman–Crippen LogP) is -1.31. The summed E-state index contributed by atoms with van der Waals surface area (Å²) in [4.78, 5) is 45.6. The van der Waals surface area contributed by atoms with E-state index in [1.807, 2.05) is 0 Å². The lowest BCUT2D eigenvalue weighted by molar-refractivity contribution is -0.140. The van der Waals surface area contributed by atoms with Crippen LogP contribution in [0.4, 0.5) is 4.79 Å². The van der Waals surface area contributed by atoms with E-state index in [0.29, 0.717) is 6.54 Å². The Bertz CT molecular complexity index is 516. The highest BCUT2D eigenvalue weighted by Gasteiger charge is 2.33. The number of hydrogen-bond donors (Lipinski definition) is 5. The molecule has 24 heavy (non-hydrogen) atoms. The fraction of sp³-hybridized carbons (Fsp3) is 0.714. The SMILES string of the molecule is CC(C)(C)OC(=O)N[C@@H]1CN[C@H](C(=O)NC(CC(=O)O)C(N)=O)C1. The third-order valence-corrected chi connectivity index (χ3v) is 3.21. The van der Waals surface area contributed by atoms with Crippen LogP contribution in [0.3, 0.4) is 0 Å². The molecule has 0 spiro atoms. The molecule has 0 aromatic heterocycles. The van der Waals surface area contributed by atoms with Crippen LogP contribution in [0.25, 0.3) is 0 Å². The normalized spacial score (nSPS) is 21.6. The van der Waals surface area contributed by atoms with Gasteiger partial charge in [-0.25, -0.2) is 4.79 Å². The van der Waals surface area contributed by atoms with Crippen LogP contribution in [0.2, 0.25) is 0 Å². The van der Waals surface area contributed by atoms with Crippen LogP contribution in [-0.2, 0) is 19.1 Å². The minimum Gasteiger partial charge on any atom is -0.481 e. The van der Waals surface area contributed by atoms with Crippen LogP contribution in [0.5, 0.6) is 0 Å². The summed E-state index contributed by atoms with van der Waals surface area (Å²) in [7, 11) is 0. The van der Waals surface area contributed by atoms with E-state index in [2.05, 4.69) is 16.0 Å². The van der Waals surface area contributed by atoms with E-state index in [1.54, 1.807) is 20.8 Å². The molecule has 1 aliphatic heterocycles. The molecule has 3 amide bonds. The lowest BCUT2D eigenvalue weighted by Gasteiger charge is -2.21. The second-order valence-corrected chi connectivity index (χ2v) is 6.60. The summed E-state index contributed by atoms with van der Waals surface area (Å²) >= 11 is 0. The van der Waals surface area contributed by atoms with E-state index in [1.165, 1.54) is 0 Å². The number of nitrogens with one attached hydrogen (secondary N) is 3. The number of nitrogens with two attached hydrogens (primary N) is 1. The molecule has 1 saturated heterocycles. The van der Waals surface area contributed by atoms with Crippen molar-refractivity contribution in [2.45, 2.75) is 57.3 Å². The lowest BCUT2D eigenvalue weighted by Crippen LogP contribution is -2.51. The van der Waals surface area contributed by atoms with Crippen molar-refractivity contribution in [1.82, 2.24) is 16.0 Å². The second kappa shape index (κ2) is 7.95. The van der Waals surface area contributed by atoms with Crippen LogP contribution in [0.15, 0.2) is 0 Å². The van der Waals surface area contributed by atoms with Crippen LogP contribution >= 0.6 is 0 Å². The number of carboxylic acid groups (broad SMARTS) is 1. The summed E-state index contributed by atoms with van der Waals surface area (Å²) in [6.45, 7) is 5.56. The smallest absolute Gasteiger partial charge is 0.407 e. The number of ether oxygens (including phenoxy) is 1. The molecule has 10 nitrogen and oxygen atoms in total. The standard InChI is InChI=1S/C14H24N4O6/c1-14(2,3)24-13(23)17-7-4-9(16-6-7)12(22)18-8(11(15)21)5-10(19)20/h7-9,16H,4-6H2,1-3H3,(H2,15,21)(H,17,23)(H,18,22)(H,19,20)/t7-,8?,9-/m0/s1. The Hall–Kier alpha value is -2.36. The second-order valence-electron chi connectivity index (χ2n) is 6.60. The summed E-state index contributed by atoms with van der Waals surface area (Å²) < 4.78 is 5.13. The minimum absolute atomic E-state index is 0.281. The van der Waals surface area contributed by atoms with Gasteiger partial charge in [0.25, 0.3) is 0 Å². The number of hydrogen-bond acceptors (Lipinski definition) is 6. The Balaban J connectivity index is 2.50. The van der Waals surface area contributed by atoms with Crippen molar-refractivity contribution in [2.24, 2.45) is 5.73 Å². The number of primary amides is 1. The van der Waals surface area contributed by atoms with Crippen molar-refractivity contribution in [3.63, 3.8) is 0 Å². The highest BCUT2D eigenvalue weighted by atomic mass is 16.6. The Morgan fingerprint density at radius 2 is 1.96 bits per heavy atom. The maximum atomic E-state index is 12.1. The predicted molar refractivity (Wildman–Crippen MR) is 82.9 cm³/mol.